The molecule has 0 spiro atoms. The molecule has 3 aromatic carbocycles. The highest BCUT2D eigenvalue weighted by atomic mass is 16.5. The van der Waals surface area contributed by atoms with Crippen molar-refractivity contribution in [3.05, 3.63) is 106 Å². The van der Waals surface area contributed by atoms with Crippen LogP contribution in [0.15, 0.2) is 83.8 Å². The third-order valence-corrected chi connectivity index (χ3v) is 6.66. The summed E-state index contributed by atoms with van der Waals surface area (Å²) < 4.78 is 6.79. The maximum atomic E-state index is 12.9. The minimum absolute atomic E-state index is 0.0457. The van der Waals surface area contributed by atoms with Crippen molar-refractivity contribution >= 4 is 29.0 Å². The number of carbonyl (C=O) groups is 2. The van der Waals surface area contributed by atoms with Gasteiger partial charge in [0.25, 0.3) is 17.4 Å². The van der Waals surface area contributed by atoms with Gasteiger partial charge in [-0.05, 0) is 55.0 Å². The molecule has 9 heteroatoms. The number of carbonyl (C=O) groups excluding carboxylic acids is 2. The van der Waals surface area contributed by atoms with Gasteiger partial charge in [0.15, 0.2) is 5.82 Å². The van der Waals surface area contributed by atoms with E-state index in [1.165, 1.54) is 4.57 Å². The molecule has 1 fully saturated rings. The summed E-state index contributed by atoms with van der Waals surface area (Å²) >= 11 is 0. The number of amides is 2. The van der Waals surface area contributed by atoms with E-state index in [-0.39, 0.29) is 23.2 Å². The van der Waals surface area contributed by atoms with Crippen LogP contribution in [0.2, 0.25) is 0 Å². The highest BCUT2D eigenvalue weighted by molar-refractivity contribution is 6.05. The third-order valence-electron chi connectivity index (χ3n) is 6.66. The van der Waals surface area contributed by atoms with E-state index >= 15 is 0 Å². The number of aromatic nitrogens is 2. The lowest BCUT2D eigenvalue weighted by molar-refractivity contribution is 0.0303. The second kappa shape index (κ2) is 11.3. The monoisotopic (exact) mass is 523 g/mol. The molecule has 4 aromatic rings. The van der Waals surface area contributed by atoms with Crippen molar-refractivity contribution < 1.29 is 14.3 Å². The molecule has 1 aliphatic heterocycles. The summed E-state index contributed by atoms with van der Waals surface area (Å²) in [5.41, 5.74) is 4.32. The summed E-state index contributed by atoms with van der Waals surface area (Å²) in [6.07, 6.45) is 1.67. The van der Waals surface area contributed by atoms with Crippen molar-refractivity contribution in [3.8, 4) is 11.3 Å². The Bertz CT molecular complexity index is 1560. The molecule has 1 aromatic heterocycles. The second-order valence-corrected chi connectivity index (χ2v) is 9.30. The zero-order valence-electron chi connectivity index (χ0n) is 21.8. The molecule has 198 valence electrons. The Morgan fingerprint density at radius 3 is 2.33 bits per heavy atom. The standard InChI is InChI=1S/C30H29N5O4/c1-20-24(9-6-10-25(20)33-28(36)21-7-4-3-5-8-21)26-19-34(2)30(38)27(32-26)31-23-13-11-22(12-14-23)29(37)35-15-17-39-18-16-35/h3-14,19H,15-18H2,1-2H3,(H,31,32)(H,33,36). The van der Waals surface area contributed by atoms with Crippen LogP contribution < -0.4 is 16.2 Å². The molecule has 2 amide bonds. The number of nitrogens with zero attached hydrogens (tertiary/aromatic N) is 3. The number of benzene rings is 3. The highest BCUT2D eigenvalue weighted by Gasteiger charge is 2.19. The average Bonchev–Trinajstić information content (AvgIpc) is 2.97. The molecule has 0 aliphatic carbocycles. The van der Waals surface area contributed by atoms with Crippen LogP contribution in [0.25, 0.3) is 11.3 Å². The molecule has 39 heavy (non-hydrogen) atoms. The number of anilines is 3. The van der Waals surface area contributed by atoms with Crippen LogP contribution in [-0.4, -0.2) is 52.6 Å². The van der Waals surface area contributed by atoms with Crippen molar-refractivity contribution in [2.24, 2.45) is 7.05 Å². The Morgan fingerprint density at radius 1 is 0.897 bits per heavy atom. The van der Waals surface area contributed by atoms with E-state index < -0.39 is 0 Å². The lowest BCUT2D eigenvalue weighted by Gasteiger charge is -2.26. The van der Waals surface area contributed by atoms with Crippen molar-refractivity contribution in [2.45, 2.75) is 6.92 Å². The summed E-state index contributed by atoms with van der Waals surface area (Å²) in [6.45, 7) is 4.13. The van der Waals surface area contributed by atoms with Gasteiger partial charge in [0, 0.05) is 54.4 Å². The molecule has 0 unspecified atom stereocenters. The van der Waals surface area contributed by atoms with E-state index in [9.17, 15) is 14.4 Å². The summed E-state index contributed by atoms with van der Waals surface area (Å²) in [4.78, 5) is 44.7. The minimum Gasteiger partial charge on any atom is -0.378 e. The topological polar surface area (TPSA) is 106 Å². The maximum Gasteiger partial charge on any atom is 0.293 e. The molecule has 0 atom stereocenters. The van der Waals surface area contributed by atoms with E-state index in [1.807, 2.05) is 43.3 Å². The Hall–Kier alpha value is -4.76. The highest BCUT2D eigenvalue weighted by Crippen LogP contribution is 2.28. The third kappa shape index (κ3) is 5.73. The molecule has 0 radical (unpaired) electrons. The van der Waals surface area contributed by atoms with E-state index in [2.05, 4.69) is 15.6 Å². The molecule has 2 heterocycles. The van der Waals surface area contributed by atoms with Gasteiger partial charge in [-0.1, -0.05) is 30.3 Å². The summed E-state index contributed by atoms with van der Waals surface area (Å²) in [6, 6.07) is 21.6. The van der Waals surface area contributed by atoms with Gasteiger partial charge in [-0.3, -0.25) is 14.4 Å². The van der Waals surface area contributed by atoms with Gasteiger partial charge in [0.05, 0.1) is 18.9 Å². The Kier molecular flexibility index (Phi) is 7.51. The number of nitrogens with one attached hydrogen (secondary N) is 2. The summed E-state index contributed by atoms with van der Waals surface area (Å²) in [5, 5.41) is 6.06. The molecule has 2 N–H and O–H groups in total. The molecule has 5 rings (SSSR count). The summed E-state index contributed by atoms with van der Waals surface area (Å²) in [7, 11) is 1.67. The number of hydrogen-bond acceptors (Lipinski definition) is 6. The van der Waals surface area contributed by atoms with Gasteiger partial charge < -0.3 is 24.8 Å². The van der Waals surface area contributed by atoms with E-state index in [0.29, 0.717) is 54.5 Å². The zero-order valence-corrected chi connectivity index (χ0v) is 21.8. The fourth-order valence-corrected chi connectivity index (χ4v) is 4.43. The van der Waals surface area contributed by atoms with E-state index in [0.717, 1.165) is 11.1 Å². The SMILES string of the molecule is Cc1c(NC(=O)c2ccccc2)cccc1-c1cn(C)c(=O)c(Nc2ccc(C(=O)N3CCOCC3)cc2)n1. The largest absolute Gasteiger partial charge is 0.378 e. The van der Waals surface area contributed by atoms with Gasteiger partial charge in [-0.25, -0.2) is 4.98 Å². The molecule has 9 nitrogen and oxygen atoms in total. The first-order valence-electron chi connectivity index (χ1n) is 12.7. The van der Waals surface area contributed by atoms with Gasteiger partial charge >= 0.3 is 0 Å². The minimum atomic E-state index is -0.293. The predicted octanol–water partition coefficient (Wildman–Crippen LogP) is 4.22. The second-order valence-electron chi connectivity index (χ2n) is 9.30. The fraction of sp³-hybridized carbons (Fsp3) is 0.200. The first-order chi connectivity index (χ1) is 18.9. The predicted molar refractivity (Wildman–Crippen MR) is 150 cm³/mol. The van der Waals surface area contributed by atoms with Gasteiger partial charge in [0.2, 0.25) is 0 Å². The molecule has 1 saturated heterocycles. The van der Waals surface area contributed by atoms with Gasteiger partial charge in [-0.15, -0.1) is 0 Å². The van der Waals surface area contributed by atoms with Crippen LogP contribution in [0.3, 0.4) is 0 Å². The lowest BCUT2D eigenvalue weighted by atomic mass is 10.0. The van der Waals surface area contributed by atoms with Crippen LogP contribution in [0, 0.1) is 6.92 Å². The number of rotatable bonds is 6. The normalized spacial score (nSPS) is 13.1. The molecular weight excluding hydrogens is 494 g/mol. The lowest BCUT2D eigenvalue weighted by Crippen LogP contribution is -2.40. The fourth-order valence-electron chi connectivity index (χ4n) is 4.43. The zero-order chi connectivity index (χ0) is 27.4. The van der Waals surface area contributed by atoms with Crippen LogP contribution >= 0.6 is 0 Å². The average molecular weight is 524 g/mol. The number of morpholine rings is 1. The first kappa shape index (κ1) is 25.9. The molecular formula is C30H29N5O4. The maximum absolute atomic E-state index is 12.9. The smallest absolute Gasteiger partial charge is 0.293 e. The number of aryl methyl sites for hydroxylation is 1. The van der Waals surface area contributed by atoms with Gasteiger partial charge in [0.1, 0.15) is 0 Å². The van der Waals surface area contributed by atoms with E-state index in [1.54, 1.807) is 54.5 Å². The molecule has 0 bridgehead atoms. The quantitative estimate of drug-likeness (QED) is 0.392. The van der Waals surface area contributed by atoms with Crippen molar-refractivity contribution in [3.63, 3.8) is 0 Å². The Labute approximate surface area is 226 Å². The van der Waals surface area contributed by atoms with Gasteiger partial charge in [-0.2, -0.15) is 0 Å². The van der Waals surface area contributed by atoms with E-state index in [4.69, 9.17) is 4.74 Å². The van der Waals surface area contributed by atoms with Crippen molar-refractivity contribution in [1.82, 2.24) is 14.5 Å². The van der Waals surface area contributed by atoms with Crippen LogP contribution in [-0.2, 0) is 11.8 Å². The Morgan fingerprint density at radius 2 is 1.62 bits per heavy atom. The molecule has 1 aliphatic rings. The molecule has 0 saturated carbocycles. The van der Waals surface area contributed by atoms with Crippen molar-refractivity contribution in [1.29, 1.82) is 0 Å². The van der Waals surface area contributed by atoms with Crippen LogP contribution in [0.5, 0.6) is 0 Å². The number of hydrogen-bond donors (Lipinski definition) is 2. The Balaban J connectivity index is 1.38. The summed E-state index contributed by atoms with van der Waals surface area (Å²) in [5.74, 6) is -0.0989. The van der Waals surface area contributed by atoms with Crippen LogP contribution in [0.4, 0.5) is 17.2 Å². The van der Waals surface area contributed by atoms with Crippen LogP contribution in [0.1, 0.15) is 26.3 Å². The first-order valence-corrected chi connectivity index (χ1v) is 12.7. The van der Waals surface area contributed by atoms with Crippen molar-refractivity contribution in [2.75, 3.05) is 36.9 Å². The number of ether oxygens (including phenoxy) is 1.